The number of amides is 2. The van der Waals surface area contributed by atoms with Crippen LogP contribution in [0, 0.1) is 0 Å². The Morgan fingerprint density at radius 2 is 1.71 bits per heavy atom. The van der Waals surface area contributed by atoms with Crippen LogP contribution in [-0.4, -0.2) is 53.7 Å². The van der Waals surface area contributed by atoms with Crippen molar-refractivity contribution in [3.8, 4) is 0 Å². The summed E-state index contributed by atoms with van der Waals surface area (Å²) in [5.74, 6) is -0.839. The molecular formula is C15H27N3O3. The number of carbonyl (C=O) groups excluding carboxylic acids is 1. The molecule has 0 bridgehead atoms. The van der Waals surface area contributed by atoms with Crippen molar-refractivity contribution in [1.82, 2.24) is 15.5 Å². The lowest BCUT2D eigenvalue weighted by Gasteiger charge is -2.37. The molecule has 0 spiro atoms. The van der Waals surface area contributed by atoms with E-state index in [4.69, 9.17) is 5.11 Å². The van der Waals surface area contributed by atoms with Crippen molar-refractivity contribution in [2.24, 2.45) is 0 Å². The third-order valence-electron chi connectivity index (χ3n) is 4.59. The lowest BCUT2D eigenvalue weighted by Crippen LogP contribution is -2.54. The second kappa shape index (κ2) is 7.64. The van der Waals surface area contributed by atoms with Crippen molar-refractivity contribution in [2.45, 2.75) is 56.9 Å². The molecule has 21 heavy (non-hydrogen) atoms. The maximum atomic E-state index is 12.0. The predicted molar refractivity (Wildman–Crippen MR) is 80.3 cm³/mol. The van der Waals surface area contributed by atoms with Gasteiger partial charge in [0.05, 0.1) is 12.0 Å². The highest BCUT2D eigenvalue weighted by molar-refractivity contribution is 5.76. The van der Waals surface area contributed by atoms with Gasteiger partial charge in [-0.3, -0.25) is 4.79 Å². The van der Waals surface area contributed by atoms with Gasteiger partial charge >= 0.3 is 12.0 Å². The van der Waals surface area contributed by atoms with Gasteiger partial charge in [-0.05, 0) is 38.8 Å². The van der Waals surface area contributed by atoms with Crippen molar-refractivity contribution in [2.75, 3.05) is 26.2 Å². The Kier molecular flexibility index (Phi) is 5.85. The number of nitrogens with zero attached hydrogens (tertiary/aromatic N) is 1. The van der Waals surface area contributed by atoms with Crippen LogP contribution in [0.1, 0.15) is 51.4 Å². The molecule has 2 rings (SSSR count). The lowest BCUT2D eigenvalue weighted by atomic mass is 9.79. The minimum atomic E-state index is -0.839. The van der Waals surface area contributed by atoms with E-state index >= 15 is 0 Å². The highest BCUT2D eigenvalue weighted by Gasteiger charge is 2.35. The highest BCUT2D eigenvalue weighted by atomic mass is 16.4. The summed E-state index contributed by atoms with van der Waals surface area (Å²) in [6, 6.07) is -0.225. The Labute approximate surface area is 126 Å². The Balaban J connectivity index is 1.75. The molecule has 0 aromatic carbocycles. The monoisotopic (exact) mass is 297 g/mol. The molecule has 0 aromatic heterocycles. The smallest absolute Gasteiger partial charge is 0.315 e. The minimum Gasteiger partial charge on any atom is -0.481 e. The summed E-state index contributed by atoms with van der Waals surface area (Å²) < 4.78 is 0. The van der Waals surface area contributed by atoms with Gasteiger partial charge in [0.15, 0.2) is 0 Å². The van der Waals surface area contributed by atoms with Gasteiger partial charge in [-0.25, -0.2) is 4.79 Å². The average molecular weight is 297 g/mol. The number of urea groups is 1. The number of carboxylic acid groups (broad SMARTS) is 1. The van der Waals surface area contributed by atoms with E-state index in [-0.39, 0.29) is 12.5 Å². The second-order valence-corrected chi connectivity index (χ2v) is 6.34. The fourth-order valence-corrected chi connectivity index (χ4v) is 3.48. The molecule has 1 aliphatic carbocycles. The van der Waals surface area contributed by atoms with Crippen LogP contribution in [0.4, 0.5) is 4.79 Å². The molecule has 0 radical (unpaired) electrons. The number of aliphatic carboxylic acids is 1. The van der Waals surface area contributed by atoms with E-state index in [1.807, 2.05) is 0 Å². The maximum absolute atomic E-state index is 12.0. The van der Waals surface area contributed by atoms with E-state index in [1.54, 1.807) is 0 Å². The molecule has 1 saturated carbocycles. The zero-order valence-corrected chi connectivity index (χ0v) is 12.7. The first-order valence-corrected chi connectivity index (χ1v) is 8.10. The van der Waals surface area contributed by atoms with Crippen molar-refractivity contribution in [3.05, 3.63) is 0 Å². The molecule has 1 aliphatic heterocycles. The van der Waals surface area contributed by atoms with Gasteiger partial charge in [0.25, 0.3) is 0 Å². The molecule has 0 unspecified atom stereocenters. The van der Waals surface area contributed by atoms with Gasteiger partial charge in [0.2, 0.25) is 0 Å². The van der Waals surface area contributed by atoms with Crippen LogP contribution < -0.4 is 10.6 Å². The second-order valence-electron chi connectivity index (χ2n) is 6.34. The van der Waals surface area contributed by atoms with Gasteiger partial charge < -0.3 is 20.6 Å². The number of rotatable bonds is 6. The number of carbonyl (C=O) groups is 2. The van der Waals surface area contributed by atoms with Gasteiger partial charge in [-0.2, -0.15) is 0 Å². The number of nitrogens with one attached hydrogen (secondary N) is 2. The van der Waals surface area contributed by atoms with Gasteiger partial charge in [0, 0.05) is 13.1 Å². The predicted octanol–water partition coefficient (Wildman–Crippen LogP) is 1.56. The van der Waals surface area contributed by atoms with E-state index in [9.17, 15) is 9.59 Å². The molecule has 120 valence electrons. The summed E-state index contributed by atoms with van der Waals surface area (Å²) in [6.45, 7) is 3.73. The van der Waals surface area contributed by atoms with Crippen LogP contribution in [0.2, 0.25) is 0 Å². The van der Waals surface area contributed by atoms with Gasteiger partial charge in [-0.15, -0.1) is 0 Å². The van der Waals surface area contributed by atoms with Crippen LogP contribution in [0.5, 0.6) is 0 Å². The Morgan fingerprint density at radius 3 is 2.33 bits per heavy atom. The molecule has 1 heterocycles. The third kappa shape index (κ3) is 5.19. The van der Waals surface area contributed by atoms with Crippen LogP contribution in [-0.2, 0) is 4.79 Å². The molecule has 2 amide bonds. The first-order chi connectivity index (χ1) is 10.1. The van der Waals surface area contributed by atoms with Crippen molar-refractivity contribution in [3.63, 3.8) is 0 Å². The van der Waals surface area contributed by atoms with Gasteiger partial charge in [0.1, 0.15) is 0 Å². The van der Waals surface area contributed by atoms with Crippen LogP contribution in [0.3, 0.4) is 0 Å². The first-order valence-electron chi connectivity index (χ1n) is 8.10. The van der Waals surface area contributed by atoms with E-state index in [2.05, 4.69) is 15.5 Å². The van der Waals surface area contributed by atoms with Crippen LogP contribution in [0.15, 0.2) is 0 Å². The van der Waals surface area contributed by atoms with Crippen molar-refractivity contribution in [1.29, 1.82) is 0 Å². The molecular weight excluding hydrogens is 270 g/mol. The third-order valence-corrected chi connectivity index (χ3v) is 4.59. The zero-order chi connectivity index (χ0) is 15.1. The molecule has 6 heteroatoms. The average Bonchev–Trinajstić information content (AvgIpc) is 2.91. The minimum absolute atomic E-state index is 0.0204. The summed E-state index contributed by atoms with van der Waals surface area (Å²) in [7, 11) is 0. The fourth-order valence-electron chi connectivity index (χ4n) is 3.48. The normalized spacial score (nSPS) is 21.9. The number of hydrogen-bond donors (Lipinski definition) is 3. The molecule has 2 aliphatic rings. The fraction of sp³-hybridized carbons (Fsp3) is 0.867. The Hall–Kier alpha value is -1.30. The maximum Gasteiger partial charge on any atom is 0.315 e. The standard InChI is InChI=1S/C15H27N3O3/c19-13(20)12-15(6-2-1-3-7-15)17-14(21)16-8-11-18-9-4-5-10-18/h1-12H2,(H,19,20)(H2,16,17,21). The quantitative estimate of drug-likeness (QED) is 0.695. The zero-order valence-electron chi connectivity index (χ0n) is 12.7. The summed E-state index contributed by atoms with van der Waals surface area (Å²) >= 11 is 0. The lowest BCUT2D eigenvalue weighted by molar-refractivity contribution is -0.139. The summed E-state index contributed by atoms with van der Waals surface area (Å²) in [4.78, 5) is 25.4. The molecule has 1 saturated heterocycles. The van der Waals surface area contributed by atoms with Crippen LogP contribution in [0.25, 0.3) is 0 Å². The number of hydrogen-bond acceptors (Lipinski definition) is 3. The Morgan fingerprint density at radius 1 is 1.05 bits per heavy atom. The molecule has 0 atom stereocenters. The van der Waals surface area contributed by atoms with Crippen molar-refractivity contribution < 1.29 is 14.7 Å². The highest BCUT2D eigenvalue weighted by Crippen LogP contribution is 2.31. The summed E-state index contributed by atoms with van der Waals surface area (Å²) in [6.07, 6.45) is 7.13. The van der Waals surface area contributed by atoms with E-state index in [1.165, 1.54) is 12.8 Å². The summed E-state index contributed by atoms with van der Waals surface area (Å²) in [5, 5.41) is 14.9. The van der Waals surface area contributed by atoms with E-state index in [0.717, 1.165) is 51.7 Å². The van der Waals surface area contributed by atoms with E-state index in [0.29, 0.717) is 6.54 Å². The van der Waals surface area contributed by atoms with Crippen molar-refractivity contribution >= 4 is 12.0 Å². The first kappa shape index (κ1) is 16.1. The van der Waals surface area contributed by atoms with Crippen LogP contribution >= 0.6 is 0 Å². The number of likely N-dealkylation sites (tertiary alicyclic amines) is 1. The molecule has 0 aromatic rings. The van der Waals surface area contributed by atoms with E-state index < -0.39 is 11.5 Å². The number of carboxylic acids is 1. The van der Waals surface area contributed by atoms with Gasteiger partial charge in [-0.1, -0.05) is 19.3 Å². The molecule has 3 N–H and O–H groups in total. The Bertz CT molecular complexity index is 361. The molecule has 2 fully saturated rings. The molecule has 6 nitrogen and oxygen atoms in total. The summed E-state index contributed by atoms with van der Waals surface area (Å²) in [5.41, 5.74) is -0.554. The largest absolute Gasteiger partial charge is 0.481 e. The topological polar surface area (TPSA) is 81.7 Å². The SMILES string of the molecule is O=C(O)CC1(NC(=O)NCCN2CCCC2)CCCCC1.